The zero-order valence-electron chi connectivity index (χ0n) is 11.7. The van der Waals surface area contributed by atoms with E-state index in [2.05, 4.69) is 31.9 Å². The van der Waals surface area contributed by atoms with Gasteiger partial charge in [-0.15, -0.1) is 0 Å². The Balaban J connectivity index is 2.81. The maximum absolute atomic E-state index is 10.6. The van der Waals surface area contributed by atoms with E-state index in [1.165, 1.54) is 0 Å². The second-order valence-electron chi connectivity index (χ2n) is 5.01. The Hall–Kier alpha value is -0.830. The monoisotopic (exact) mass is 238 g/mol. The normalized spacial score (nSPS) is 12.1. The molecule has 0 aliphatic rings. The molecule has 0 aliphatic heterocycles. The van der Waals surface area contributed by atoms with Gasteiger partial charge in [-0.2, -0.15) is 5.10 Å². The van der Waals surface area contributed by atoms with Crippen LogP contribution in [0, 0.1) is 0 Å². The van der Waals surface area contributed by atoms with E-state index in [-0.39, 0.29) is 0 Å². The van der Waals surface area contributed by atoms with Gasteiger partial charge in [-0.05, 0) is 25.3 Å². The fraction of sp³-hybridized carbons (Fsp3) is 0.786. The van der Waals surface area contributed by atoms with E-state index >= 15 is 0 Å². The van der Waals surface area contributed by atoms with Crippen LogP contribution in [-0.4, -0.2) is 20.5 Å². The summed E-state index contributed by atoms with van der Waals surface area (Å²) in [6.07, 6.45) is 5.46. The molecule has 3 nitrogen and oxygen atoms in total. The molecule has 0 aromatic carbocycles. The molecular formula is C14H26N2O. The first-order valence-corrected chi connectivity index (χ1v) is 6.78. The van der Waals surface area contributed by atoms with Crippen molar-refractivity contribution in [1.29, 1.82) is 0 Å². The summed E-state index contributed by atoms with van der Waals surface area (Å²) in [4.78, 5) is 0. The second-order valence-corrected chi connectivity index (χ2v) is 5.01. The lowest BCUT2D eigenvalue weighted by Crippen LogP contribution is -2.32. The predicted octanol–water partition coefficient (Wildman–Crippen LogP) is 2.86. The van der Waals surface area contributed by atoms with E-state index in [0.717, 1.165) is 49.9 Å². The van der Waals surface area contributed by atoms with Gasteiger partial charge in [-0.3, -0.25) is 4.68 Å². The molecule has 1 N–H and O–H groups in total. The average molecular weight is 238 g/mol. The third-order valence-electron chi connectivity index (χ3n) is 3.33. The van der Waals surface area contributed by atoms with Crippen LogP contribution in [0.2, 0.25) is 0 Å². The van der Waals surface area contributed by atoms with Gasteiger partial charge in [-0.25, -0.2) is 0 Å². The molecule has 0 aliphatic carbocycles. The van der Waals surface area contributed by atoms with Crippen molar-refractivity contribution in [2.75, 3.05) is 0 Å². The molecule has 0 radical (unpaired) electrons. The molecule has 1 aromatic rings. The van der Waals surface area contributed by atoms with Crippen LogP contribution in [0.4, 0.5) is 0 Å². The van der Waals surface area contributed by atoms with Crippen molar-refractivity contribution in [3.8, 4) is 0 Å². The minimum absolute atomic E-state index is 0.553. The van der Waals surface area contributed by atoms with Crippen molar-refractivity contribution in [2.24, 2.45) is 7.05 Å². The van der Waals surface area contributed by atoms with Gasteiger partial charge < -0.3 is 5.11 Å². The predicted molar refractivity (Wildman–Crippen MR) is 71.1 cm³/mol. The average Bonchev–Trinajstić information content (AvgIpc) is 2.60. The SMILES string of the molecule is CCCC(O)(CCC)Cc1cc(CC)nn1C. The molecule has 1 heterocycles. The zero-order chi connectivity index (χ0) is 12.9. The lowest BCUT2D eigenvalue weighted by Gasteiger charge is -2.27. The van der Waals surface area contributed by atoms with Crippen LogP contribution in [0.5, 0.6) is 0 Å². The van der Waals surface area contributed by atoms with E-state index in [9.17, 15) is 5.11 Å². The topological polar surface area (TPSA) is 38.1 Å². The summed E-state index contributed by atoms with van der Waals surface area (Å²) >= 11 is 0. The lowest BCUT2D eigenvalue weighted by atomic mass is 9.88. The van der Waals surface area contributed by atoms with E-state index in [0.29, 0.717) is 0 Å². The Labute approximate surface area is 105 Å². The number of aryl methyl sites for hydroxylation is 2. The molecule has 0 atom stereocenters. The Kier molecular flexibility index (Phi) is 5.19. The maximum Gasteiger partial charge on any atom is 0.0702 e. The van der Waals surface area contributed by atoms with Gasteiger partial charge in [0.25, 0.3) is 0 Å². The van der Waals surface area contributed by atoms with Gasteiger partial charge in [-0.1, -0.05) is 33.6 Å². The summed E-state index contributed by atoms with van der Waals surface area (Å²) in [5, 5.41) is 15.1. The van der Waals surface area contributed by atoms with Crippen LogP contribution in [0.25, 0.3) is 0 Å². The smallest absolute Gasteiger partial charge is 0.0702 e. The van der Waals surface area contributed by atoms with Gasteiger partial charge >= 0.3 is 0 Å². The number of aliphatic hydroxyl groups is 1. The summed E-state index contributed by atoms with van der Waals surface area (Å²) in [5.41, 5.74) is 1.70. The molecule has 0 unspecified atom stereocenters. The molecule has 1 aromatic heterocycles. The highest BCUT2D eigenvalue weighted by atomic mass is 16.3. The van der Waals surface area contributed by atoms with Crippen molar-refractivity contribution >= 4 is 0 Å². The quantitative estimate of drug-likeness (QED) is 0.793. The number of rotatable bonds is 7. The van der Waals surface area contributed by atoms with Crippen LogP contribution in [0.1, 0.15) is 57.8 Å². The second kappa shape index (κ2) is 6.20. The fourth-order valence-corrected chi connectivity index (χ4v) is 2.48. The van der Waals surface area contributed by atoms with Crippen molar-refractivity contribution in [3.63, 3.8) is 0 Å². The summed E-state index contributed by atoms with van der Waals surface area (Å²) in [7, 11) is 1.97. The van der Waals surface area contributed by atoms with E-state index in [1.807, 2.05) is 11.7 Å². The molecule has 3 heteroatoms. The summed E-state index contributed by atoms with van der Waals surface area (Å²) in [5.74, 6) is 0. The third kappa shape index (κ3) is 3.84. The van der Waals surface area contributed by atoms with E-state index in [1.54, 1.807) is 0 Å². The van der Waals surface area contributed by atoms with E-state index in [4.69, 9.17) is 0 Å². The molecule has 17 heavy (non-hydrogen) atoms. The molecule has 0 spiro atoms. The Morgan fingerprint density at radius 3 is 2.24 bits per heavy atom. The molecular weight excluding hydrogens is 212 g/mol. The number of aromatic nitrogens is 2. The zero-order valence-corrected chi connectivity index (χ0v) is 11.7. The molecule has 98 valence electrons. The molecule has 1 rings (SSSR count). The summed E-state index contributed by atoms with van der Waals surface area (Å²) < 4.78 is 1.91. The van der Waals surface area contributed by atoms with Gasteiger partial charge in [0.2, 0.25) is 0 Å². The van der Waals surface area contributed by atoms with Crippen molar-refractivity contribution in [2.45, 2.75) is 64.9 Å². The van der Waals surface area contributed by atoms with E-state index < -0.39 is 5.60 Å². The highest BCUT2D eigenvalue weighted by Crippen LogP contribution is 2.24. The first-order valence-electron chi connectivity index (χ1n) is 6.78. The minimum Gasteiger partial charge on any atom is -0.389 e. The first-order chi connectivity index (χ1) is 8.04. The number of hydrogen-bond donors (Lipinski definition) is 1. The molecule has 0 fully saturated rings. The van der Waals surface area contributed by atoms with Gasteiger partial charge in [0.15, 0.2) is 0 Å². The Morgan fingerprint density at radius 1 is 1.24 bits per heavy atom. The number of nitrogens with zero attached hydrogens (tertiary/aromatic N) is 2. The van der Waals surface area contributed by atoms with Crippen LogP contribution < -0.4 is 0 Å². The molecule has 0 saturated carbocycles. The standard InChI is InChI=1S/C14H26N2O/c1-5-8-14(17,9-6-2)11-13-10-12(7-3)15-16(13)4/h10,17H,5-9,11H2,1-4H3. The Morgan fingerprint density at radius 2 is 1.82 bits per heavy atom. The van der Waals surface area contributed by atoms with Gasteiger partial charge in [0, 0.05) is 19.2 Å². The van der Waals surface area contributed by atoms with Crippen LogP contribution in [-0.2, 0) is 19.9 Å². The molecule has 0 saturated heterocycles. The highest BCUT2D eigenvalue weighted by molar-refractivity contribution is 5.12. The highest BCUT2D eigenvalue weighted by Gasteiger charge is 2.26. The van der Waals surface area contributed by atoms with Crippen LogP contribution in [0.15, 0.2) is 6.07 Å². The van der Waals surface area contributed by atoms with Crippen molar-refractivity contribution in [3.05, 3.63) is 17.5 Å². The Bertz CT molecular complexity index is 338. The number of hydrogen-bond acceptors (Lipinski definition) is 2. The first kappa shape index (κ1) is 14.2. The third-order valence-corrected chi connectivity index (χ3v) is 3.33. The van der Waals surface area contributed by atoms with Crippen molar-refractivity contribution < 1.29 is 5.11 Å². The summed E-state index contributed by atoms with van der Waals surface area (Å²) in [6.45, 7) is 6.36. The maximum atomic E-state index is 10.6. The van der Waals surface area contributed by atoms with Gasteiger partial charge in [0.1, 0.15) is 0 Å². The summed E-state index contributed by atoms with van der Waals surface area (Å²) in [6, 6.07) is 2.12. The fourth-order valence-electron chi connectivity index (χ4n) is 2.48. The molecule has 0 amide bonds. The largest absolute Gasteiger partial charge is 0.389 e. The van der Waals surface area contributed by atoms with Gasteiger partial charge in [0.05, 0.1) is 11.3 Å². The molecule has 0 bridgehead atoms. The van der Waals surface area contributed by atoms with Crippen molar-refractivity contribution in [1.82, 2.24) is 9.78 Å². The van der Waals surface area contributed by atoms with Crippen LogP contribution in [0.3, 0.4) is 0 Å². The van der Waals surface area contributed by atoms with Crippen LogP contribution >= 0.6 is 0 Å². The lowest BCUT2D eigenvalue weighted by molar-refractivity contribution is 0.0199. The minimum atomic E-state index is -0.553.